The molecule has 1 aliphatic heterocycles. The van der Waals surface area contributed by atoms with Crippen molar-refractivity contribution in [3.8, 4) is 0 Å². The van der Waals surface area contributed by atoms with Crippen molar-refractivity contribution in [2.24, 2.45) is 11.8 Å². The number of ether oxygens (including phenoxy) is 1. The number of nitrogens with one attached hydrogen (secondary N) is 1. The van der Waals surface area contributed by atoms with Gasteiger partial charge in [0.1, 0.15) is 23.3 Å². The minimum absolute atomic E-state index is 0.325. The van der Waals surface area contributed by atoms with Crippen LogP contribution in [0.25, 0.3) is 0 Å². The monoisotopic (exact) mass is 414 g/mol. The Morgan fingerprint density at radius 3 is 2.54 bits per heavy atom. The van der Waals surface area contributed by atoms with Gasteiger partial charge in [-0.05, 0) is 39.7 Å². The summed E-state index contributed by atoms with van der Waals surface area (Å²) in [7, 11) is 0. The Kier molecular flexibility index (Phi) is 5.36. The van der Waals surface area contributed by atoms with Crippen LogP contribution in [-0.2, 0) is 14.3 Å². The second-order valence-electron chi connectivity index (χ2n) is 8.07. The Hall–Kier alpha value is -2.22. The van der Waals surface area contributed by atoms with Crippen LogP contribution >= 0.6 is 11.6 Å². The number of hydrogen-bond acceptors (Lipinski definition) is 4. The number of anilines is 1. The van der Waals surface area contributed by atoms with Gasteiger partial charge in [0.2, 0.25) is 11.8 Å². The quantitative estimate of drug-likeness (QED) is 0.738. The third-order valence-corrected chi connectivity index (χ3v) is 5.22. The molecular formula is C19H21ClF2N2O4. The SMILES string of the molecule is CC(C)(C)OC(=O)N1C(=O)C2CCCC2C1C(=O)Nc1cc(Cl)c(F)cc1F. The highest BCUT2D eigenvalue weighted by Crippen LogP contribution is 2.44. The number of carbonyl (C=O) groups is 3. The Morgan fingerprint density at radius 1 is 1.21 bits per heavy atom. The van der Waals surface area contributed by atoms with E-state index in [9.17, 15) is 23.2 Å². The molecule has 1 aliphatic carbocycles. The van der Waals surface area contributed by atoms with Gasteiger partial charge in [0.25, 0.3) is 0 Å². The van der Waals surface area contributed by atoms with Crippen LogP contribution in [0.1, 0.15) is 40.0 Å². The molecule has 3 atom stereocenters. The maximum Gasteiger partial charge on any atom is 0.417 e. The van der Waals surface area contributed by atoms with E-state index in [0.717, 1.165) is 17.4 Å². The highest BCUT2D eigenvalue weighted by molar-refractivity contribution is 6.31. The number of carbonyl (C=O) groups excluding carboxylic acids is 3. The Labute approximate surface area is 166 Å². The summed E-state index contributed by atoms with van der Waals surface area (Å²) in [5.41, 5.74) is -1.18. The summed E-state index contributed by atoms with van der Waals surface area (Å²) in [5, 5.41) is 1.98. The van der Waals surface area contributed by atoms with Crippen LogP contribution in [0.4, 0.5) is 19.3 Å². The van der Waals surface area contributed by atoms with Gasteiger partial charge in [0.15, 0.2) is 0 Å². The number of rotatable bonds is 2. The molecule has 3 rings (SSSR count). The number of nitrogens with zero attached hydrogens (tertiary/aromatic N) is 1. The molecule has 1 saturated carbocycles. The van der Waals surface area contributed by atoms with Crippen LogP contribution in [0.3, 0.4) is 0 Å². The minimum atomic E-state index is -1.13. The fourth-order valence-corrected chi connectivity index (χ4v) is 4.00. The van der Waals surface area contributed by atoms with Gasteiger partial charge >= 0.3 is 6.09 Å². The van der Waals surface area contributed by atoms with E-state index in [1.54, 1.807) is 20.8 Å². The van der Waals surface area contributed by atoms with E-state index in [-0.39, 0.29) is 16.6 Å². The number of imide groups is 1. The van der Waals surface area contributed by atoms with Crippen LogP contribution in [0, 0.1) is 23.5 Å². The fourth-order valence-electron chi connectivity index (χ4n) is 3.83. The smallest absolute Gasteiger partial charge is 0.417 e. The number of fused-ring (bicyclic) bond motifs is 1. The summed E-state index contributed by atoms with van der Waals surface area (Å²) < 4.78 is 32.7. The zero-order valence-corrected chi connectivity index (χ0v) is 16.5. The Balaban J connectivity index is 1.89. The fraction of sp³-hybridized carbons (Fsp3) is 0.526. The maximum atomic E-state index is 14.0. The molecule has 9 heteroatoms. The molecule has 1 aromatic rings. The number of halogens is 3. The summed E-state index contributed by atoms with van der Waals surface area (Å²) >= 11 is 5.66. The Bertz CT molecular complexity index is 840. The highest BCUT2D eigenvalue weighted by atomic mass is 35.5. The van der Waals surface area contributed by atoms with Gasteiger partial charge in [-0.15, -0.1) is 0 Å². The van der Waals surface area contributed by atoms with Gasteiger partial charge in [-0.25, -0.2) is 18.5 Å². The molecule has 0 radical (unpaired) electrons. The first kappa shape index (κ1) is 20.5. The standard InChI is InChI=1S/C19H21ClF2N2O4/c1-19(2,3)28-18(27)24-15(9-5-4-6-10(9)17(24)26)16(25)23-14-7-11(20)12(21)8-13(14)22/h7-10,15H,4-6H2,1-3H3,(H,23,25). The largest absolute Gasteiger partial charge is 0.443 e. The third kappa shape index (κ3) is 3.83. The molecule has 3 unspecified atom stereocenters. The average molecular weight is 415 g/mol. The van der Waals surface area contributed by atoms with Crippen LogP contribution in [-0.4, -0.2) is 34.5 Å². The molecule has 1 aromatic carbocycles. The lowest BCUT2D eigenvalue weighted by Crippen LogP contribution is -2.49. The second kappa shape index (κ2) is 7.31. The number of benzene rings is 1. The van der Waals surface area contributed by atoms with E-state index in [1.165, 1.54) is 0 Å². The topological polar surface area (TPSA) is 75.7 Å². The van der Waals surface area contributed by atoms with E-state index in [4.69, 9.17) is 16.3 Å². The predicted octanol–water partition coefficient (Wildman–Crippen LogP) is 4.12. The zero-order valence-electron chi connectivity index (χ0n) is 15.7. The molecule has 1 N–H and O–H groups in total. The van der Waals surface area contributed by atoms with E-state index >= 15 is 0 Å². The number of likely N-dealkylation sites (tertiary alicyclic amines) is 1. The highest BCUT2D eigenvalue weighted by Gasteiger charge is 2.56. The van der Waals surface area contributed by atoms with Crippen molar-refractivity contribution in [1.29, 1.82) is 0 Å². The first-order valence-electron chi connectivity index (χ1n) is 9.01. The van der Waals surface area contributed by atoms with E-state index in [0.29, 0.717) is 18.9 Å². The molecular weight excluding hydrogens is 394 g/mol. The van der Waals surface area contributed by atoms with Gasteiger partial charge in [-0.1, -0.05) is 18.0 Å². The molecule has 1 heterocycles. The van der Waals surface area contributed by atoms with Crippen molar-refractivity contribution in [1.82, 2.24) is 4.90 Å². The zero-order chi connectivity index (χ0) is 20.8. The lowest BCUT2D eigenvalue weighted by molar-refractivity contribution is -0.134. The molecule has 0 bridgehead atoms. The normalized spacial score (nSPS) is 24.3. The lowest BCUT2D eigenvalue weighted by Gasteiger charge is -2.28. The minimum Gasteiger partial charge on any atom is -0.443 e. The summed E-state index contributed by atoms with van der Waals surface area (Å²) in [6, 6.07) is 0.380. The lowest BCUT2D eigenvalue weighted by atomic mass is 9.93. The van der Waals surface area contributed by atoms with Crippen LogP contribution < -0.4 is 5.32 Å². The third-order valence-electron chi connectivity index (χ3n) is 4.93. The van der Waals surface area contributed by atoms with E-state index in [2.05, 4.69) is 5.32 Å². The molecule has 152 valence electrons. The van der Waals surface area contributed by atoms with Crippen molar-refractivity contribution in [3.63, 3.8) is 0 Å². The molecule has 0 aromatic heterocycles. The average Bonchev–Trinajstić information content (AvgIpc) is 3.13. The summed E-state index contributed by atoms with van der Waals surface area (Å²) in [6.45, 7) is 4.95. The molecule has 2 aliphatic rings. The molecule has 3 amide bonds. The van der Waals surface area contributed by atoms with Gasteiger partial charge in [-0.3, -0.25) is 9.59 Å². The van der Waals surface area contributed by atoms with Crippen molar-refractivity contribution in [2.45, 2.75) is 51.7 Å². The van der Waals surface area contributed by atoms with Gasteiger partial charge < -0.3 is 10.1 Å². The molecule has 1 saturated heterocycles. The molecule has 6 nitrogen and oxygen atoms in total. The number of amides is 3. The summed E-state index contributed by atoms with van der Waals surface area (Å²) in [5.74, 6) is -4.00. The number of hydrogen-bond donors (Lipinski definition) is 1. The van der Waals surface area contributed by atoms with Gasteiger partial charge in [0, 0.05) is 17.9 Å². The van der Waals surface area contributed by atoms with Gasteiger partial charge in [0.05, 0.1) is 10.7 Å². The van der Waals surface area contributed by atoms with Crippen molar-refractivity contribution in [2.75, 3.05) is 5.32 Å². The second-order valence-corrected chi connectivity index (χ2v) is 8.48. The van der Waals surface area contributed by atoms with Crippen molar-refractivity contribution < 1.29 is 27.9 Å². The first-order valence-corrected chi connectivity index (χ1v) is 9.39. The van der Waals surface area contributed by atoms with Gasteiger partial charge in [-0.2, -0.15) is 0 Å². The molecule has 0 spiro atoms. The summed E-state index contributed by atoms with van der Waals surface area (Å²) in [4.78, 5) is 39.1. The van der Waals surface area contributed by atoms with Crippen molar-refractivity contribution in [3.05, 3.63) is 28.8 Å². The Morgan fingerprint density at radius 2 is 1.89 bits per heavy atom. The van der Waals surface area contributed by atoms with E-state index < -0.39 is 47.1 Å². The van der Waals surface area contributed by atoms with E-state index in [1.807, 2.05) is 0 Å². The first-order chi connectivity index (χ1) is 13.0. The maximum absolute atomic E-state index is 14.0. The van der Waals surface area contributed by atoms with Crippen LogP contribution in [0.15, 0.2) is 12.1 Å². The van der Waals surface area contributed by atoms with Crippen LogP contribution in [0.2, 0.25) is 5.02 Å². The summed E-state index contributed by atoms with van der Waals surface area (Å²) in [6.07, 6.45) is 0.998. The predicted molar refractivity (Wildman–Crippen MR) is 97.7 cm³/mol. The van der Waals surface area contributed by atoms with Crippen molar-refractivity contribution >= 4 is 35.2 Å². The van der Waals surface area contributed by atoms with Crippen LogP contribution in [0.5, 0.6) is 0 Å². The molecule has 28 heavy (non-hydrogen) atoms. The molecule has 2 fully saturated rings.